The van der Waals surface area contributed by atoms with E-state index in [2.05, 4.69) is 11.8 Å². The average molecular weight is 266 g/mol. The monoisotopic (exact) mass is 265 g/mol. The number of anilines is 1. The van der Waals surface area contributed by atoms with Crippen LogP contribution in [0.1, 0.15) is 49.4 Å². The van der Waals surface area contributed by atoms with Gasteiger partial charge in [-0.2, -0.15) is 0 Å². The minimum Gasteiger partial charge on any atom is -0.367 e. The summed E-state index contributed by atoms with van der Waals surface area (Å²) < 4.78 is 0. The van der Waals surface area contributed by atoms with E-state index in [9.17, 15) is 4.79 Å². The maximum atomic E-state index is 11.2. The molecular formula is C15H20ClNO. The van der Waals surface area contributed by atoms with Crippen molar-refractivity contribution in [2.45, 2.75) is 45.1 Å². The van der Waals surface area contributed by atoms with Crippen LogP contribution in [0.25, 0.3) is 0 Å². The third-order valence-electron chi connectivity index (χ3n) is 3.78. The van der Waals surface area contributed by atoms with Gasteiger partial charge in [0.2, 0.25) is 0 Å². The van der Waals surface area contributed by atoms with Crippen LogP contribution in [-0.2, 0) is 0 Å². The Morgan fingerprint density at radius 1 is 1.39 bits per heavy atom. The summed E-state index contributed by atoms with van der Waals surface area (Å²) in [5, 5.41) is 0.694. The fraction of sp³-hybridized carbons (Fsp3) is 0.533. The van der Waals surface area contributed by atoms with Gasteiger partial charge in [0, 0.05) is 18.2 Å². The zero-order valence-electron chi connectivity index (χ0n) is 10.9. The summed E-state index contributed by atoms with van der Waals surface area (Å²) >= 11 is 6.32. The molecule has 0 amide bonds. The minimum absolute atomic E-state index is 0.506. The van der Waals surface area contributed by atoms with Crippen molar-refractivity contribution in [3.8, 4) is 0 Å². The van der Waals surface area contributed by atoms with E-state index < -0.39 is 0 Å². The molecule has 1 aliphatic heterocycles. The van der Waals surface area contributed by atoms with Crippen LogP contribution in [0.3, 0.4) is 0 Å². The molecule has 98 valence electrons. The van der Waals surface area contributed by atoms with Gasteiger partial charge in [0.05, 0.1) is 10.7 Å². The van der Waals surface area contributed by atoms with Gasteiger partial charge in [-0.25, -0.2) is 0 Å². The maximum Gasteiger partial charge on any atom is 0.152 e. The molecule has 1 aromatic carbocycles. The van der Waals surface area contributed by atoms with Gasteiger partial charge in [0.15, 0.2) is 6.29 Å². The molecule has 0 aromatic heterocycles. The van der Waals surface area contributed by atoms with E-state index in [0.29, 0.717) is 16.6 Å². The summed E-state index contributed by atoms with van der Waals surface area (Å²) in [5.41, 5.74) is 1.64. The lowest BCUT2D eigenvalue weighted by Gasteiger charge is -2.33. The molecule has 2 nitrogen and oxygen atoms in total. The van der Waals surface area contributed by atoms with Crippen LogP contribution in [0.5, 0.6) is 0 Å². The lowest BCUT2D eigenvalue weighted by Crippen LogP contribution is -2.35. The molecule has 0 aliphatic carbocycles. The molecule has 2 rings (SSSR count). The van der Waals surface area contributed by atoms with Crippen molar-refractivity contribution in [1.29, 1.82) is 0 Å². The molecule has 0 saturated carbocycles. The Kier molecular flexibility index (Phi) is 4.65. The van der Waals surface area contributed by atoms with Gasteiger partial charge < -0.3 is 4.90 Å². The van der Waals surface area contributed by atoms with Crippen molar-refractivity contribution in [3.05, 3.63) is 28.8 Å². The Labute approximate surface area is 114 Å². The molecule has 1 heterocycles. The molecule has 18 heavy (non-hydrogen) atoms. The second kappa shape index (κ2) is 6.24. The number of benzene rings is 1. The Hall–Kier alpha value is -1.02. The summed E-state index contributed by atoms with van der Waals surface area (Å²) in [6, 6.07) is 6.08. The molecule has 1 aromatic rings. The number of nitrogens with zero attached hydrogens (tertiary/aromatic N) is 1. The van der Waals surface area contributed by atoms with Crippen LogP contribution in [-0.4, -0.2) is 18.9 Å². The minimum atomic E-state index is 0.506. The third kappa shape index (κ3) is 2.69. The summed E-state index contributed by atoms with van der Waals surface area (Å²) in [6.45, 7) is 3.21. The third-order valence-corrected chi connectivity index (χ3v) is 4.09. The topological polar surface area (TPSA) is 20.3 Å². The standard InChI is InChI=1S/C15H20ClNO/c1-2-13-8-4-3-5-10-17(13)15-12(11-18)7-6-9-14(15)16/h6-7,9,11,13H,2-5,8,10H2,1H3. The van der Waals surface area contributed by atoms with Gasteiger partial charge in [-0.05, 0) is 31.4 Å². The van der Waals surface area contributed by atoms with E-state index in [0.717, 1.165) is 24.9 Å². The van der Waals surface area contributed by atoms with Crippen molar-refractivity contribution in [3.63, 3.8) is 0 Å². The smallest absolute Gasteiger partial charge is 0.152 e. The highest BCUT2D eigenvalue weighted by molar-refractivity contribution is 6.34. The van der Waals surface area contributed by atoms with Crippen LogP contribution >= 0.6 is 11.6 Å². The van der Waals surface area contributed by atoms with Gasteiger partial charge >= 0.3 is 0 Å². The zero-order chi connectivity index (χ0) is 13.0. The van der Waals surface area contributed by atoms with Crippen molar-refractivity contribution >= 4 is 23.6 Å². The van der Waals surface area contributed by atoms with E-state index in [1.807, 2.05) is 18.2 Å². The number of hydrogen-bond donors (Lipinski definition) is 0. The van der Waals surface area contributed by atoms with E-state index in [4.69, 9.17) is 11.6 Å². The number of aldehydes is 1. The normalized spacial score (nSPS) is 20.6. The molecule has 0 bridgehead atoms. The second-order valence-electron chi connectivity index (χ2n) is 4.90. The predicted octanol–water partition coefficient (Wildman–Crippen LogP) is 4.31. The first-order valence-corrected chi connectivity index (χ1v) is 7.16. The SMILES string of the molecule is CCC1CCCCCN1c1c(Cl)cccc1C=O. The summed E-state index contributed by atoms with van der Waals surface area (Å²) in [7, 11) is 0. The van der Waals surface area contributed by atoms with E-state index in [-0.39, 0.29) is 0 Å². The van der Waals surface area contributed by atoms with Crippen LogP contribution in [0.4, 0.5) is 5.69 Å². The number of hydrogen-bond acceptors (Lipinski definition) is 2. The first kappa shape index (κ1) is 13.4. The van der Waals surface area contributed by atoms with Crippen LogP contribution in [0.15, 0.2) is 18.2 Å². The highest BCUT2D eigenvalue weighted by Gasteiger charge is 2.23. The van der Waals surface area contributed by atoms with Crippen molar-refractivity contribution in [2.75, 3.05) is 11.4 Å². The Bertz CT molecular complexity index is 419. The molecule has 0 N–H and O–H groups in total. The van der Waals surface area contributed by atoms with Gasteiger partial charge in [-0.3, -0.25) is 4.79 Å². The first-order valence-electron chi connectivity index (χ1n) is 6.78. The second-order valence-corrected chi connectivity index (χ2v) is 5.31. The predicted molar refractivity (Wildman–Crippen MR) is 76.7 cm³/mol. The van der Waals surface area contributed by atoms with Crippen LogP contribution in [0, 0.1) is 0 Å². The number of carbonyl (C=O) groups is 1. The number of rotatable bonds is 3. The largest absolute Gasteiger partial charge is 0.367 e. The highest BCUT2D eigenvalue weighted by Crippen LogP contribution is 2.34. The van der Waals surface area contributed by atoms with Crippen molar-refractivity contribution < 1.29 is 4.79 Å². The molecule has 1 atom stereocenters. The number of carbonyl (C=O) groups excluding carboxylic acids is 1. The van der Waals surface area contributed by atoms with Gasteiger partial charge in [-0.1, -0.05) is 37.4 Å². The van der Waals surface area contributed by atoms with Crippen LogP contribution < -0.4 is 4.90 Å². The Morgan fingerprint density at radius 2 is 2.22 bits per heavy atom. The van der Waals surface area contributed by atoms with E-state index in [1.54, 1.807) is 0 Å². The number of para-hydroxylation sites is 1. The van der Waals surface area contributed by atoms with Crippen molar-refractivity contribution in [2.24, 2.45) is 0 Å². The molecule has 1 fully saturated rings. The Balaban J connectivity index is 2.40. The van der Waals surface area contributed by atoms with Gasteiger partial charge in [0.1, 0.15) is 0 Å². The molecular weight excluding hydrogens is 246 g/mol. The quantitative estimate of drug-likeness (QED) is 0.759. The molecule has 1 unspecified atom stereocenters. The van der Waals surface area contributed by atoms with E-state index in [1.165, 1.54) is 25.7 Å². The van der Waals surface area contributed by atoms with Crippen LogP contribution in [0.2, 0.25) is 5.02 Å². The fourth-order valence-electron chi connectivity index (χ4n) is 2.83. The van der Waals surface area contributed by atoms with Gasteiger partial charge in [0.25, 0.3) is 0 Å². The lowest BCUT2D eigenvalue weighted by molar-refractivity contribution is 0.112. The molecule has 1 saturated heterocycles. The number of halogens is 1. The average Bonchev–Trinajstić information content (AvgIpc) is 2.63. The molecule has 0 spiro atoms. The van der Waals surface area contributed by atoms with E-state index >= 15 is 0 Å². The molecule has 3 heteroatoms. The van der Waals surface area contributed by atoms with Crippen molar-refractivity contribution in [1.82, 2.24) is 0 Å². The first-order chi connectivity index (χ1) is 8.77. The molecule has 0 radical (unpaired) electrons. The Morgan fingerprint density at radius 3 is 2.94 bits per heavy atom. The lowest BCUT2D eigenvalue weighted by atomic mass is 10.1. The maximum absolute atomic E-state index is 11.2. The summed E-state index contributed by atoms with van der Waals surface area (Å²) in [4.78, 5) is 13.6. The van der Waals surface area contributed by atoms with Gasteiger partial charge in [-0.15, -0.1) is 0 Å². The summed E-state index contributed by atoms with van der Waals surface area (Å²) in [6.07, 6.45) is 6.94. The summed E-state index contributed by atoms with van der Waals surface area (Å²) in [5.74, 6) is 0. The highest BCUT2D eigenvalue weighted by atomic mass is 35.5. The fourth-order valence-corrected chi connectivity index (χ4v) is 3.12. The molecule has 1 aliphatic rings. The zero-order valence-corrected chi connectivity index (χ0v) is 11.6.